The zero-order valence-electron chi connectivity index (χ0n) is 22.5. The van der Waals surface area contributed by atoms with Crippen molar-refractivity contribution in [2.75, 3.05) is 13.3 Å². The van der Waals surface area contributed by atoms with Gasteiger partial charge in [0.2, 0.25) is 11.8 Å². The van der Waals surface area contributed by atoms with Crippen LogP contribution in [0.3, 0.4) is 0 Å². The Morgan fingerprint density at radius 1 is 0.794 bits per heavy atom. The fourth-order valence-electron chi connectivity index (χ4n) is 4.20. The minimum absolute atomic E-state index is 0.204. The minimum Gasteiger partial charge on any atom is -0.481 e. The van der Waals surface area contributed by atoms with Gasteiger partial charge in [-0.3, -0.25) is 14.4 Å². The van der Waals surface area contributed by atoms with Crippen molar-refractivity contribution in [2.24, 2.45) is 5.92 Å². The van der Waals surface area contributed by atoms with Crippen molar-refractivity contribution in [3.05, 3.63) is 0 Å². The van der Waals surface area contributed by atoms with E-state index in [9.17, 15) is 19.5 Å². The van der Waals surface area contributed by atoms with Crippen LogP contribution in [0.2, 0.25) is 0 Å². The van der Waals surface area contributed by atoms with E-state index in [1.165, 1.54) is 82.4 Å². The number of rotatable bonds is 22. The Morgan fingerprint density at radius 3 is 1.62 bits per heavy atom. The van der Waals surface area contributed by atoms with Crippen LogP contribution in [0.4, 0.5) is 0 Å². The highest BCUT2D eigenvalue weighted by molar-refractivity contribution is 8.00. The third-order valence-corrected chi connectivity index (χ3v) is 8.00. The van der Waals surface area contributed by atoms with Gasteiger partial charge in [0.1, 0.15) is 6.04 Å². The molecular formula is C27H52N2O4S. The average Bonchev–Trinajstić information content (AvgIpc) is 2.80. The summed E-state index contributed by atoms with van der Waals surface area (Å²) in [6.07, 6.45) is 19.8. The van der Waals surface area contributed by atoms with E-state index in [1.807, 2.05) is 20.1 Å². The number of carbonyl (C=O) groups is 3. The predicted molar refractivity (Wildman–Crippen MR) is 144 cm³/mol. The summed E-state index contributed by atoms with van der Waals surface area (Å²) < 4.78 is -0.501. The van der Waals surface area contributed by atoms with Crippen LogP contribution in [-0.2, 0) is 14.4 Å². The molecule has 0 rings (SSSR count). The summed E-state index contributed by atoms with van der Waals surface area (Å²) >= 11 is 1.49. The molecule has 2 unspecified atom stereocenters. The Kier molecular flexibility index (Phi) is 19.3. The monoisotopic (exact) mass is 500 g/mol. The molecule has 0 fully saturated rings. The molecule has 0 saturated heterocycles. The third-order valence-electron chi connectivity index (χ3n) is 6.71. The Bertz CT molecular complexity index is 569. The van der Waals surface area contributed by atoms with Crippen molar-refractivity contribution in [3.8, 4) is 0 Å². The molecule has 0 saturated carbocycles. The Morgan fingerprint density at radius 2 is 1.24 bits per heavy atom. The molecule has 0 aliphatic rings. The molecule has 6 nitrogen and oxygen atoms in total. The van der Waals surface area contributed by atoms with Crippen molar-refractivity contribution >= 4 is 29.5 Å². The van der Waals surface area contributed by atoms with Crippen molar-refractivity contribution in [3.63, 3.8) is 0 Å². The molecular weight excluding hydrogens is 448 g/mol. The second-order valence-corrected chi connectivity index (χ2v) is 11.5. The molecule has 200 valence electrons. The summed E-state index contributed by atoms with van der Waals surface area (Å²) in [5.74, 6) is -2.20. The molecule has 2 atom stereocenters. The summed E-state index contributed by atoms with van der Waals surface area (Å²) in [6.45, 7) is 6.05. The van der Waals surface area contributed by atoms with E-state index < -0.39 is 22.7 Å². The predicted octanol–water partition coefficient (Wildman–Crippen LogP) is 6.32. The van der Waals surface area contributed by atoms with E-state index in [0.717, 1.165) is 19.3 Å². The number of likely N-dealkylation sites (N-methyl/N-ethyl adjacent to an activating group) is 1. The van der Waals surface area contributed by atoms with E-state index >= 15 is 0 Å². The van der Waals surface area contributed by atoms with Gasteiger partial charge in [0.05, 0.1) is 6.42 Å². The van der Waals surface area contributed by atoms with Crippen LogP contribution in [0.1, 0.15) is 124 Å². The minimum atomic E-state index is -0.980. The number of aliphatic carboxylic acids is 1. The first-order valence-electron chi connectivity index (χ1n) is 13.5. The van der Waals surface area contributed by atoms with E-state index in [-0.39, 0.29) is 18.2 Å². The van der Waals surface area contributed by atoms with Crippen molar-refractivity contribution in [1.82, 2.24) is 10.6 Å². The first-order chi connectivity index (χ1) is 16.2. The molecule has 0 aromatic rings. The lowest BCUT2D eigenvalue weighted by molar-refractivity contribution is -0.141. The maximum Gasteiger partial charge on any atom is 0.304 e. The number of amides is 2. The van der Waals surface area contributed by atoms with Crippen molar-refractivity contribution in [2.45, 2.75) is 134 Å². The van der Waals surface area contributed by atoms with Gasteiger partial charge in [-0.2, -0.15) is 11.8 Å². The van der Waals surface area contributed by atoms with Crippen LogP contribution in [0.15, 0.2) is 0 Å². The van der Waals surface area contributed by atoms with Gasteiger partial charge in [-0.05, 0) is 26.5 Å². The topological polar surface area (TPSA) is 95.5 Å². The van der Waals surface area contributed by atoms with E-state index in [2.05, 4.69) is 17.6 Å². The fourth-order valence-corrected chi connectivity index (χ4v) is 4.60. The number of hydrogen-bond acceptors (Lipinski definition) is 4. The van der Waals surface area contributed by atoms with Gasteiger partial charge in [-0.15, -0.1) is 0 Å². The lowest BCUT2D eigenvalue weighted by Gasteiger charge is -2.33. The second kappa shape index (κ2) is 20.0. The molecule has 0 aromatic heterocycles. The number of carboxylic acid groups (broad SMARTS) is 1. The summed E-state index contributed by atoms with van der Waals surface area (Å²) in [7, 11) is 1.54. The number of hydrogen-bond donors (Lipinski definition) is 3. The first kappa shape index (κ1) is 32.8. The number of carbonyl (C=O) groups excluding carboxylic acids is 2. The SMILES string of the molecule is CCCCCCCCCCCCCCCCC(CC(=O)O)C(=O)NC(C(=O)NC)C(C)(C)SC. The number of nitrogens with one attached hydrogen (secondary N) is 2. The van der Waals surface area contributed by atoms with Gasteiger partial charge in [-0.1, -0.05) is 96.8 Å². The molecule has 0 aliphatic heterocycles. The normalized spacial score (nSPS) is 13.3. The third kappa shape index (κ3) is 15.6. The van der Waals surface area contributed by atoms with Gasteiger partial charge in [0.15, 0.2) is 0 Å². The summed E-state index contributed by atoms with van der Waals surface area (Å²) in [5, 5.41) is 14.7. The molecule has 0 radical (unpaired) electrons. The molecule has 0 aromatic carbocycles. The highest BCUT2D eigenvalue weighted by atomic mass is 32.2. The van der Waals surface area contributed by atoms with Gasteiger partial charge in [0, 0.05) is 17.7 Å². The molecule has 2 amide bonds. The molecule has 0 bridgehead atoms. The lowest BCUT2D eigenvalue weighted by Crippen LogP contribution is -2.57. The first-order valence-corrected chi connectivity index (χ1v) is 14.7. The van der Waals surface area contributed by atoms with Crippen LogP contribution >= 0.6 is 11.8 Å². The molecule has 0 spiro atoms. The average molecular weight is 501 g/mol. The van der Waals surface area contributed by atoms with Crippen molar-refractivity contribution < 1.29 is 19.5 Å². The largest absolute Gasteiger partial charge is 0.481 e. The van der Waals surface area contributed by atoms with Crippen LogP contribution in [0.25, 0.3) is 0 Å². The lowest BCUT2D eigenvalue weighted by atomic mass is 9.94. The smallest absolute Gasteiger partial charge is 0.304 e. The summed E-state index contributed by atoms with van der Waals surface area (Å²) in [4.78, 5) is 36.5. The second-order valence-electron chi connectivity index (χ2n) is 10.0. The van der Waals surface area contributed by atoms with E-state index in [4.69, 9.17) is 0 Å². The fraction of sp³-hybridized carbons (Fsp3) is 0.889. The quantitative estimate of drug-likeness (QED) is 0.151. The van der Waals surface area contributed by atoms with E-state index in [0.29, 0.717) is 6.42 Å². The molecule has 7 heteroatoms. The van der Waals surface area contributed by atoms with Crippen LogP contribution in [0.5, 0.6) is 0 Å². The van der Waals surface area contributed by atoms with Gasteiger partial charge in [-0.25, -0.2) is 0 Å². The standard InChI is InChI=1S/C27H52N2O4S/c1-6-7-8-9-10-11-12-13-14-15-16-17-18-19-20-22(21-23(30)31)25(32)29-24(26(33)28-4)27(2,3)34-5/h22,24H,6-21H2,1-5H3,(H,28,33)(H,29,32)(H,30,31). The molecule has 34 heavy (non-hydrogen) atoms. The van der Waals surface area contributed by atoms with Crippen molar-refractivity contribution in [1.29, 1.82) is 0 Å². The number of carboxylic acids is 1. The maximum absolute atomic E-state index is 12.9. The van der Waals surface area contributed by atoms with Gasteiger partial charge in [0.25, 0.3) is 0 Å². The molecule has 0 heterocycles. The number of thioether (sulfide) groups is 1. The zero-order chi connectivity index (χ0) is 25.8. The Labute approximate surface area is 213 Å². The summed E-state index contributed by atoms with van der Waals surface area (Å²) in [6, 6.07) is -0.715. The van der Waals surface area contributed by atoms with Crippen LogP contribution < -0.4 is 10.6 Å². The molecule has 0 aliphatic carbocycles. The highest BCUT2D eigenvalue weighted by Gasteiger charge is 2.37. The van der Waals surface area contributed by atoms with Crippen LogP contribution in [0, 0.1) is 5.92 Å². The Hall–Kier alpha value is -1.24. The maximum atomic E-state index is 12.9. The van der Waals surface area contributed by atoms with Gasteiger partial charge >= 0.3 is 5.97 Å². The van der Waals surface area contributed by atoms with Gasteiger partial charge < -0.3 is 15.7 Å². The van der Waals surface area contributed by atoms with E-state index in [1.54, 1.807) is 7.05 Å². The number of unbranched alkanes of at least 4 members (excludes halogenated alkanes) is 13. The highest BCUT2D eigenvalue weighted by Crippen LogP contribution is 2.27. The molecule has 3 N–H and O–H groups in total. The zero-order valence-corrected chi connectivity index (χ0v) is 23.4. The summed E-state index contributed by atoms with van der Waals surface area (Å²) in [5.41, 5.74) is 0. The van der Waals surface area contributed by atoms with Crippen LogP contribution in [-0.4, -0.2) is 47.0 Å². The Balaban J connectivity index is 4.24.